The SMILES string of the molecule is CC1CNCCC1NC(=O)c1cc(Cl)ccc1Cl.Cl. The quantitative estimate of drug-likeness (QED) is 0.878. The van der Waals surface area contributed by atoms with Gasteiger partial charge in [-0.05, 0) is 43.6 Å². The predicted octanol–water partition coefficient (Wildman–Crippen LogP) is 3.14. The highest BCUT2D eigenvalue weighted by Gasteiger charge is 2.23. The molecule has 1 heterocycles. The molecule has 0 radical (unpaired) electrons. The molecule has 1 aromatic rings. The van der Waals surface area contributed by atoms with E-state index in [9.17, 15) is 4.79 Å². The Balaban J connectivity index is 0.00000180. The second-order valence-corrected chi connectivity index (χ2v) is 5.52. The van der Waals surface area contributed by atoms with E-state index in [4.69, 9.17) is 23.2 Å². The van der Waals surface area contributed by atoms with Crippen LogP contribution in [0, 0.1) is 5.92 Å². The summed E-state index contributed by atoms with van der Waals surface area (Å²) in [4.78, 5) is 12.2. The van der Waals surface area contributed by atoms with Crippen molar-refractivity contribution in [2.45, 2.75) is 19.4 Å². The molecule has 0 aliphatic carbocycles. The second-order valence-electron chi connectivity index (χ2n) is 4.67. The van der Waals surface area contributed by atoms with Crippen molar-refractivity contribution in [2.24, 2.45) is 5.92 Å². The van der Waals surface area contributed by atoms with Crippen LogP contribution in [0.25, 0.3) is 0 Å². The molecular formula is C13H17Cl3N2O. The summed E-state index contributed by atoms with van der Waals surface area (Å²) < 4.78 is 0. The summed E-state index contributed by atoms with van der Waals surface area (Å²) in [7, 11) is 0. The summed E-state index contributed by atoms with van der Waals surface area (Å²) >= 11 is 11.9. The molecule has 1 amide bonds. The highest BCUT2D eigenvalue weighted by Crippen LogP contribution is 2.21. The van der Waals surface area contributed by atoms with Crippen LogP contribution in [0.15, 0.2) is 18.2 Å². The van der Waals surface area contributed by atoms with Crippen molar-refractivity contribution >= 4 is 41.5 Å². The highest BCUT2D eigenvalue weighted by molar-refractivity contribution is 6.35. The van der Waals surface area contributed by atoms with Gasteiger partial charge in [-0.1, -0.05) is 30.1 Å². The number of hydrogen-bond acceptors (Lipinski definition) is 2. The predicted molar refractivity (Wildman–Crippen MR) is 81.6 cm³/mol. The van der Waals surface area contributed by atoms with Gasteiger partial charge in [-0.15, -0.1) is 12.4 Å². The molecule has 1 fully saturated rings. The smallest absolute Gasteiger partial charge is 0.253 e. The van der Waals surface area contributed by atoms with Crippen LogP contribution in [0.2, 0.25) is 10.0 Å². The van der Waals surface area contributed by atoms with Gasteiger partial charge in [0.05, 0.1) is 10.6 Å². The lowest BCUT2D eigenvalue weighted by atomic mass is 9.95. The molecule has 19 heavy (non-hydrogen) atoms. The van der Waals surface area contributed by atoms with Crippen LogP contribution < -0.4 is 10.6 Å². The maximum absolute atomic E-state index is 12.2. The Bertz CT molecular complexity index is 454. The second kappa shape index (κ2) is 7.34. The van der Waals surface area contributed by atoms with E-state index in [-0.39, 0.29) is 24.4 Å². The highest BCUT2D eigenvalue weighted by atomic mass is 35.5. The Labute approximate surface area is 129 Å². The first-order chi connectivity index (χ1) is 8.58. The van der Waals surface area contributed by atoms with Gasteiger partial charge < -0.3 is 10.6 Å². The van der Waals surface area contributed by atoms with Crippen LogP contribution >= 0.6 is 35.6 Å². The van der Waals surface area contributed by atoms with Crippen LogP contribution in [0.3, 0.4) is 0 Å². The molecule has 1 aromatic carbocycles. The largest absolute Gasteiger partial charge is 0.349 e. The van der Waals surface area contributed by atoms with Crippen LogP contribution in [0.5, 0.6) is 0 Å². The lowest BCUT2D eigenvalue weighted by molar-refractivity contribution is 0.0914. The Hall–Kier alpha value is -0.480. The van der Waals surface area contributed by atoms with E-state index in [1.165, 1.54) is 0 Å². The molecule has 2 N–H and O–H groups in total. The first-order valence-electron chi connectivity index (χ1n) is 6.04. The molecule has 6 heteroatoms. The Morgan fingerprint density at radius 3 is 2.84 bits per heavy atom. The van der Waals surface area contributed by atoms with Gasteiger partial charge in [0.25, 0.3) is 5.91 Å². The van der Waals surface area contributed by atoms with Crippen molar-refractivity contribution < 1.29 is 4.79 Å². The number of hydrogen-bond donors (Lipinski definition) is 2. The van der Waals surface area contributed by atoms with Gasteiger partial charge in [0.2, 0.25) is 0 Å². The summed E-state index contributed by atoms with van der Waals surface area (Å²) in [5.74, 6) is 0.266. The van der Waals surface area contributed by atoms with Crippen molar-refractivity contribution in [1.29, 1.82) is 0 Å². The average molecular weight is 324 g/mol. The molecule has 1 saturated heterocycles. The fourth-order valence-corrected chi connectivity index (χ4v) is 2.52. The third-order valence-electron chi connectivity index (χ3n) is 3.27. The summed E-state index contributed by atoms with van der Waals surface area (Å²) in [5, 5.41) is 7.28. The lowest BCUT2D eigenvalue weighted by Crippen LogP contribution is -2.48. The Morgan fingerprint density at radius 1 is 1.42 bits per heavy atom. The van der Waals surface area contributed by atoms with Gasteiger partial charge in [0, 0.05) is 11.1 Å². The van der Waals surface area contributed by atoms with Crippen LogP contribution in [0.1, 0.15) is 23.7 Å². The average Bonchev–Trinajstić information content (AvgIpc) is 2.35. The van der Waals surface area contributed by atoms with Crippen LogP contribution in [-0.2, 0) is 0 Å². The number of amides is 1. The van der Waals surface area contributed by atoms with Gasteiger partial charge in [0.15, 0.2) is 0 Å². The zero-order chi connectivity index (χ0) is 13.1. The summed E-state index contributed by atoms with van der Waals surface area (Å²) in [6.45, 7) is 3.98. The monoisotopic (exact) mass is 322 g/mol. The zero-order valence-corrected chi connectivity index (χ0v) is 12.9. The molecule has 106 valence electrons. The number of carbonyl (C=O) groups is 1. The van der Waals surface area contributed by atoms with Crippen LogP contribution in [0.4, 0.5) is 0 Å². The minimum absolute atomic E-state index is 0. The van der Waals surface area contributed by atoms with Crippen molar-refractivity contribution in [3.63, 3.8) is 0 Å². The van der Waals surface area contributed by atoms with Crippen molar-refractivity contribution in [3.8, 4) is 0 Å². The van der Waals surface area contributed by atoms with E-state index >= 15 is 0 Å². The lowest BCUT2D eigenvalue weighted by Gasteiger charge is -2.30. The van der Waals surface area contributed by atoms with E-state index in [1.54, 1.807) is 18.2 Å². The summed E-state index contributed by atoms with van der Waals surface area (Å²) in [6, 6.07) is 5.11. The molecule has 0 bridgehead atoms. The topological polar surface area (TPSA) is 41.1 Å². The molecule has 0 aromatic heterocycles. The van der Waals surface area contributed by atoms with Gasteiger partial charge in [-0.3, -0.25) is 4.79 Å². The Morgan fingerprint density at radius 2 is 2.16 bits per heavy atom. The molecule has 0 saturated carbocycles. The van der Waals surface area contributed by atoms with Gasteiger partial charge in [-0.25, -0.2) is 0 Å². The normalized spacial score (nSPS) is 22.5. The number of benzene rings is 1. The van der Waals surface area contributed by atoms with Gasteiger partial charge >= 0.3 is 0 Å². The molecule has 2 unspecified atom stereocenters. The van der Waals surface area contributed by atoms with Crippen molar-refractivity contribution in [2.75, 3.05) is 13.1 Å². The standard InChI is InChI=1S/C13H16Cl2N2O.ClH/c1-8-7-16-5-4-12(8)17-13(18)10-6-9(14)2-3-11(10)15;/h2-3,6,8,12,16H,4-5,7H2,1H3,(H,17,18);1H. The van der Waals surface area contributed by atoms with E-state index in [2.05, 4.69) is 17.6 Å². The molecule has 3 nitrogen and oxygen atoms in total. The first-order valence-corrected chi connectivity index (χ1v) is 6.80. The maximum Gasteiger partial charge on any atom is 0.253 e. The molecule has 1 aliphatic heterocycles. The molecular weight excluding hydrogens is 307 g/mol. The number of nitrogens with one attached hydrogen (secondary N) is 2. The minimum Gasteiger partial charge on any atom is -0.349 e. The third kappa shape index (κ3) is 4.25. The zero-order valence-electron chi connectivity index (χ0n) is 10.6. The van der Waals surface area contributed by atoms with Gasteiger partial charge in [-0.2, -0.15) is 0 Å². The van der Waals surface area contributed by atoms with Gasteiger partial charge in [0.1, 0.15) is 0 Å². The molecule has 1 aliphatic rings. The van der Waals surface area contributed by atoms with Crippen LogP contribution in [-0.4, -0.2) is 25.0 Å². The first kappa shape index (κ1) is 16.6. The maximum atomic E-state index is 12.2. The molecule has 0 spiro atoms. The molecule has 2 atom stereocenters. The van der Waals surface area contributed by atoms with Crippen molar-refractivity contribution in [3.05, 3.63) is 33.8 Å². The van der Waals surface area contributed by atoms with Crippen molar-refractivity contribution in [1.82, 2.24) is 10.6 Å². The third-order valence-corrected chi connectivity index (χ3v) is 3.84. The Kier molecular flexibility index (Phi) is 6.40. The van der Waals surface area contributed by atoms with E-state index < -0.39 is 0 Å². The van der Waals surface area contributed by atoms with E-state index in [0.717, 1.165) is 19.5 Å². The number of halogens is 3. The number of rotatable bonds is 2. The van der Waals surface area contributed by atoms with E-state index in [0.29, 0.717) is 21.5 Å². The molecule has 2 rings (SSSR count). The fraction of sp³-hybridized carbons (Fsp3) is 0.462. The summed E-state index contributed by atoms with van der Waals surface area (Å²) in [6.07, 6.45) is 0.936. The fourth-order valence-electron chi connectivity index (χ4n) is 2.15. The van der Waals surface area contributed by atoms with E-state index in [1.807, 2.05) is 0 Å². The minimum atomic E-state index is -0.152. The number of carbonyl (C=O) groups excluding carboxylic acids is 1. The number of piperidine rings is 1. The summed E-state index contributed by atoms with van der Waals surface area (Å²) in [5.41, 5.74) is 0.440.